The van der Waals surface area contributed by atoms with Crippen LogP contribution in [-0.4, -0.2) is 5.11 Å². The van der Waals surface area contributed by atoms with E-state index in [1.165, 1.54) is 17.4 Å². The standard InChI is InChI=1S/C23H16BrF3O2S/c24-18-11-16(22(28)21-10-15-8-4-5-9-20(15)30-21)17(23(25,26)27)12-19(18)29-13-14-6-2-1-3-7-14/h1-12,22,28H,13H2. The van der Waals surface area contributed by atoms with Gasteiger partial charge in [-0.2, -0.15) is 13.2 Å². The molecule has 2 nitrogen and oxygen atoms in total. The second kappa shape index (κ2) is 8.41. The van der Waals surface area contributed by atoms with Crippen LogP contribution in [0.25, 0.3) is 10.1 Å². The first-order valence-electron chi connectivity index (χ1n) is 9.07. The lowest BCUT2D eigenvalue weighted by molar-refractivity contribution is -0.139. The maximum Gasteiger partial charge on any atom is 0.416 e. The van der Waals surface area contributed by atoms with Crippen molar-refractivity contribution < 1.29 is 23.0 Å². The predicted octanol–water partition coefficient (Wildman–Crippen LogP) is 7.34. The summed E-state index contributed by atoms with van der Waals surface area (Å²) in [6.07, 6.45) is -6.04. The third-order valence-electron chi connectivity index (χ3n) is 4.66. The van der Waals surface area contributed by atoms with Gasteiger partial charge in [-0.25, -0.2) is 0 Å². The summed E-state index contributed by atoms with van der Waals surface area (Å²) in [5.74, 6) is 0.0680. The van der Waals surface area contributed by atoms with Crippen molar-refractivity contribution in [1.82, 2.24) is 0 Å². The van der Waals surface area contributed by atoms with E-state index >= 15 is 0 Å². The van der Waals surface area contributed by atoms with E-state index in [2.05, 4.69) is 15.9 Å². The van der Waals surface area contributed by atoms with Gasteiger partial charge in [0, 0.05) is 9.58 Å². The molecule has 0 aliphatic rings. The lowest BCUT2D eigenvalue weighted by atomic mass is 10.00. The van der Waals surface area contributed by atoms with Gasteiger partial charge in [0.05, 0.1) is 10.0 Å². The van der Waals surface area contributed by atoms with Crippen LogP contribution in [0.2, 0.25) is 0 Å². The van der Waals surface area contributed by atoms with E-state index in [-0.39, 0.29) is 17.9 Å². The number of benzene rings is 3. The van der Waals surface area contributed by atoms with Crippen LogP contribution in [0.15, 0.2) is 77.3 Å². The van der Waals surface area contributed by atoms with Gasteiger partial charge in [0.25, 0.3) is 0 Å². The van der Waals surface area contributed by atoms with Crippen LogP contribution in [-0.2, 0) is 12.8 Å². The molecule has 3 aromatic carbocycles. The number of halogens is 4. The number of aliphatic hydroxyl groups excluding tert-OH is 1. The molecule has 0 amide bonds. The Bertz CT molecular complexity index is 1140. The van der Waals surface area contributed by atoms with Crippen LogP contribution in [0, 0.1) is 0 Å². The molecule has 0 fully saturated rings. The molecular formula is C23H16BrF3O2S. The molecule has 4 aromatic rings. The minimum atomic E-state index is -4.64. The third-order valence-corrected chi connectivity index (χ3v) is 6.44. The van der Waals surface area contributed by atoms with Gasteiger partial charge < -0.3 is 9.84 Å². The highest BCUT2D eigenvalue weighted by atomic mass is 79.9. The normalized spacial score (nSPS) is 12.8. The topological polar surface area (TPSA) is 29.5 Å². The number of hydrogen-bond donors (Lipinski definition) is 1. The molecule has 7 heteroatoms. The molecule has 0 aliphatic heterocycles. The number of ether oxygens (including phenoxy) is 1. The molecule has 30 heavy (non-hydrogen) atoms. The highest BCUT2D eigenvalue weighted by Crippen LogP contribution is 2.43. The summed E-state index contributed by atoms with van der Waals surface area (Å²) in [4.78, 5) is 0.451. The van der Waals surface area contributed by atoms with Crippen LogP contribution in [0.4, 0.5) is 13.2 Å². The fourth-order valence-corrected chi connectivity index (χ4v) is 4.72. The highest BCUT2D eigenvalue weighted by molar-refractivity contribution is 9.10. The van der Waals surface area contributed by atoms with Crippen LogP contribution >= 0.6 is 27.3 Å². The van der Waals surface area contributed by atoms with Crippen molar-refractivity contribution in [2.75, 3.05) is 0 Å². The molecule has 0 bridgehead atoms. The average Bonchev–Trinajstić information content (AvgIpc) is 3.16. The molecule has 1 aromatic heterocycles. The van der Waals surface area contributed by atoms with Gasteiger partial charge >= 0.3 is 6.18 Å². The first-order valence-corrected chi connectivity index (χ1v) is 10.7. The molecular weight excluding hydrogens is 477 g/mol. The zero-order valence-corrected chi connectivity index (χ0v) is 17.9. The first kappa shape index (κ1) is 20.9. The summed E-state index contributed by atoms with van der Waals surface area (Å²) < 4.78 is 48.4. The second-order valence-corrected chi connectivity index (χ2v) is 8.70. The SMILES string of the molecule is OC(c1cc2ccccc2s1)c1cc(Br)c(OCc2ccccc2)cc1C(F)(F)F. The Balaban J connectivity index is 1.70. The summed E-state index contributed by atoms with van der Waals surface area (Å²) in [6, 6.07) is 20.6. The highest BCUT2D eigenvalue weighted by Gasteiger charge is 2.37. The molecule has 0 saturated heterocycles. The van der Waals surface area contributed by atoms with E-state index < -0.39 is 17.8 Å². The fraction of sp³-hybridized carbons (Fsp3) is 0.130. The smallest absolute Gasteiger partial charge is 0.416 e. The van der Waals surface area contributed by atoms with Crippen molar-refractivity contribution in [3.63, 3.8) is 0 Å². The van der Waals surface area contributed by atoms with Crippen molar-refractivity contribution in [3.05, 3.63) is 98.8 Å². The largest absolute Gasteiger partial charge is 0.488 e. The average molecular weight is 493 g/mol. The van der Waals surface area contributed by atoms with E-state index in [4.69, 9.17) is 4.74 Å². The summed E-state index contributed by atoms with van der Waals surface area (Å²) >= 11 is 4.57. The van der Waals surface area contributed by atoms with Crippen LogP contribution in [0.3, 0.4) is 0 Å². The molecule has 154 valence electrons. The van der Waals surface area contributed by atoms with E-state index in [9.17, 15) is 18.3 Å². The Morgan fingerprint density at radius 1 is 0.967 bits per heavy atom. The quantitative estimate of drug-likeness (QED) is 0.315. The lowest BCUT2D eigenvalue weighted by Gasteiger charge is -2.19. The summed E-state index contributed by atoms with van der Waals surface area (Å²) in [6.45, 7) is 0.134. The van der Waals surface area contributed by atoms with E-state index in [1.54, 1.807) is 6.07 Å². The Hall–Kier alpha value is -2.35. The number of hydrogen-bond acceptors (Lipinski definition) is 3. The van der Waals surface area contributed by atoms with Crippen LogP contribution in [0.1, 0.15) is 27.7 Å². The van der Waals surface area contributed by atoms with Gasteiger partial charge in [0.15, 0.2) is 0 Å². The van der Waals surface area contributed by atoms with Gasteiger partial charge in [-0.1, -0.05) is 48.5 Å². The van der Waals surface area contributed by atoms with E-state index in [0.29, 0.717) is 9.35 Å². The second-order valence-electron chi connectivity index (χ2n) is 6.73. The van der Waals surface area contributed by atoms with Gasteiger partial charge in [-0.05, 0) is 56.7 Å². The Kier molecular flexibility index (Phi) is 5.86. The zero-order valence-electron chi connectivity index (χ0n) is 15.5. The number of fused-ring (bicyclic) bond motifs is 1. The summed E-state index contributed by atoms with van der Waals surface area (Å²) in [5, 5.41) is 11.7. The molecule has 1 atom stereocenters. The maximum atomic E-state index is 13.8. The van der Waals surface area contributed by atoms with Gasteiger partial charge in [-0.15, -0.1) is 11.3 Å². The summed E-state index contributed by atoms with van der Waals surface area (Å²) in [7, 11) is 0. The van der Waals surface area contributed by atoms with Crippen molar-refractivity contribution in [3.8, 4) is 5.75 Å². The first-order chi connectivity index (χ1) is 14.3. The number of rotatable bonds is 5. The Morgan fingerprint density at radius 3 is 2.37 bits per heavy atom. The molecule has 1 heterocycles. The third kappa shape index (κ3) is 4.38. The molecule has 0 aliphatic carbocycles. The minimum absolute atomic E-state index is 0.0680. The number of alkyl halides is 3. The van der Waals surface area contributed by atoms with Gasteiger partial charge in [-0.3, -0.25) is 0 Å². The van der Waals surface area contributed by atoms with Gasteiger partial charge in [0.2, 0.25) is 0 Å². The molecule has 1 N–H and O–H groups in total. The minimum Gasteiger partial charge on any atom is -0.488 e. The molecule has 4 rings (SSSR count). The monoisotopic (exact) mass is 492 g/mol. The van der Waals surface area contributed by atoms with E-state index in [1.807, 2.05) is 54.6 Å². The van der Waals surface area contributed by atoms with Crippen LogP contribution in [0.5, 0.6) is 5.75 Å². The fourth-order valence-electron chi connectivity index (χ4n) is 3.18. The predicted molar refractivity (Wildman–Crippen MR) is 116 cm³/mol. The Morgan fingerprint density at radius 2 is 1.67 bits per heavy atom. The van der Waals surface area contributed by atoms with Crippen LogP contribution < -0.4 is 4.74 Å². The molecule has 0 saturated carbocycles. The van der Waals surface area contributed by atoms with E-state index in [0.717, 1.165) is 21.7 Å². The lowest BCUT2D eigenvalue weighted by Crippen LogP contribution is -2.13. The molecule has 0 spiro atoms. The molecule has 0 radical (unpaired) electrons. The van der Waals surface area contributed by atoms with Crippen molar-refractivity contribution in [1.29, 1.82) is 0 Å². The molecule has 1 unspecified atom stereocenters. The maximum absolute atomic E-state index is 13.8. The Labute approximate surface area is 183 Å². The van der Waals surface area contributed by atoms with Crippen molar-refractivity contribution in [2.45, 2.75) is 18.9 Å². The summed E-state index contributed by atoms with van der Waals surface area (Å²) in [5.41, 5.74) is -0.293. The zero-order chi connectivity index (χ0) is 21.3. The number of thiophene rings is 1. The van der Waals surface area contributed by atoms with Crippen molar-refractivity contribution >= 4 is 37.4 Å². The van der Waals surface area contributed by atoms with Crippen molar-refractivity contribution in [2.24, 2.45) is 0 Å². The number of aliphatic hydroxyl groups is 1. The van der Waals surface area contributed by atoms with Gasteiger partial charge in [0.1, 0.15) is 18.5 Å².